The second-order valence-electron chi connectivity index (χ2n) is 6.45. The Bertz CT molecular complexity index is 1040. The number of phenols is 8. The summed E-state index contributed by atoms with van der Waals surface area (Å²) in [6.07, 6.45) is 5.87. The summed E-state index contributed by atoms with van der Waals surface area (Å²) in [6, 6.07) is 7.44. The van der Waals surface area contributed by atoms with Crippen LogP contribution in [0.25, 0.3) is 24.3 Å². The molecule has 0 saturated carbocycles. The number of phenolic OH excluding ortho intramolecular Hbond substituents is 8. The second-order valence-corrected chi connectivity index (χ2v) is 6.45. The van der Waals surface area contributed by atoms with Crippen molar-refractivity contribution in [3.63, 3.8) is 0 Å². The topological polar surface area (TPSA) is 162 Å². The van der Waals surface area contributed by atoms with E-state index in [9.17, 15) is 40.9 Å². The van der Waals surface area contributed by atoms with E-state index < -0.39 is 34.5 Å². The molecule has 30 heavy (non-hydrogen) atoms. The Morgan fingerprint density at radius 2 is 0.700 bits per heavy atom. The van der Waals surface area contributed by atoms with Gasteiger partial charge in [0.2, 0.25) is 0 Å². The summed E-state index contributed by atoms with van der Waals surface area (Å²) in [4.78, 5) is 0. The monoisotopic (exact) mass is 410 g/mol. The molecule has 3 rings (SSSR count). The van der Waals surface area contributed by atoms with Gasteiger partial charge in [0.1, 0.15) is 11.5 Å². The van der Waals surface area contributed by atoms with Crippen LogP contribution in [0.15, 0.2) is 36.4 Å². The molecule has 0 saturated heterocycles. The van der Waals surface area contributed by atoms with Gasteiger partial charge < -0.3 is 40.9 Å². The summed E-state index contributed by atoms with van der Waals surface area (Å²) in [6.45, 7) is 0. The normalized spacial score (nSPS) is 11.5. The number of hydrogen-bond donors (Lipinski definition) is 8. The molecule has 8 nitrogen and oxygen atoms in total. The number of aromatic hydroxyl groups is 8. The fourth-order valence-corrected chi connectivity index (χ4v) is 2.69. The highest BCUT2D eigenvalue weighted by molar-refractivity contribution is 5.80. The molecule has 0 fully saturated rings. The van der Waals surface area contributed by atoms with Gasteiger partial charge in [-0.05, 0) is 41.5 Å². The SMILES string of the molecule is Oc1cc(O)c(/C=C/c2cc(O)c(O)c(O)c2)cc1/C=C/c1cc(O)c(O)c(O)c1. The maximum absolute atomic E-state index is 10.1. The predicted molar refractivity (Wildman–Crippen MR) is 111 cm³/mol. The lowest BCUT2D eigenvalue weighted by atomic mass is 10.0. The van der Waals surface area contributed by atoms with Crippen molar-refractivity contribution in [3.8, 4) is 46.0 Å². The van der Waals surface area contributed by atoms with E-state index in [0.29, 0.717) is 22.3 Å². The Balaban J connectivity index is 1.93. The molecule has 8 heteroatoms. The Kier molecular flexibility index (Phi) is 5.33. The van der Waals surface area contributed by atoms with Crippen LogP contribution in [0.5, 0.6) is 46.0 Å². The zero-order valence-corrected chi connectivity index (χ0v) is 15.4. The summed E-state index contributed by atoms with van der Waals surface area (Å²) in [5, 5.41) is 77.1. The number of rotatable bonds is 4. The van der Waals surface area contributed by atoms with Crippen LogP contribution in [0.3, 0.4) is 0 Å². The molecule has 3 aromatic rings. The van der Waals surface area contributed by atoms with E-state index in [0.717, 1.165) is 6.07 Å². The van der Waals surface area contributed by atoms with E-state index in [1.54, 1.807) is 0 Å². The third-order valence-corrected chi connectivity index (χ3v) is 4.27. The summed E-state index contributed by atoms with van der Waals surface area (Å²) in [7, 11) is 0. The van der Waals surface area contributed by atoms with Gasteiger partial charge >= 0.3 is 0 Å². The Morgan fingerprint density at radius 1 is 0.367 bits per heavy atom. The minimum Gasteiger partial charge on any atom is -0.507 e. The zero-order chi connectivity index (χ0) is 22.0. The zero-order valence-electron chi connectivity index (χ0n) is 15.4. The molecule has 0 bridgehead atoms. The molecule has 0 aromatic heterocycles. The summed E-state index contributed by atoms with van der Waals surface area (Å²) >= 11 is 0. The van der Waals surface area contributed by atoms with Crippen molar-refractivity contribution < 1.29 is 40.9 Å². The Labute approximate surface area is 170 Å². The van der Waals surface area contributed by atoms with Gasteiger partial charge in [-0.15, -0.1) is 0 Å². The fourth-order valence-electron chi connectivity index (χ4n) is 2.69. The van der Waals surface area contributed by atoms with Crippen LogP contribution in [0, 0.1) is 0 Å². The van der Waals surface area contributed by atoms with Gasteiger partial charge in [0.15, 0.2) is 34.5 Å². The van der Waals surface area contributed by atoms with Gasteiger partial charge in [-0.2, -0.15) is 0 Å². The van der Waals surface area contributed by atoms with Gasteiger partial charge in [0.05, 0.1) is 0 Å². The van der Waals surface area contributed by atoms with Crippen LogP contribution in [-0.4, -0.2) is 40.9 Å². The first-order valence-corrected chi connectivity index (χ1v) is 8.57. The lowest BCUT2D eigenvalue weighted by Crippen LogP contribution is -1.82. The third-order valence-electron chi connectivity index (χ3n) is 4.27. The van der Waals surface area contributed by atoms with Crippen molar-refractivity contribution in [2.45, 2.75) is 0 Å². The van der Waals surface area contributed by atoms with Crippen LogP contribution in [0.4, 0.5) is 0 Å². The quantitative estimate of drug-likeness (QED) is 0.239. The summed E-state index contributed by atoms with van der Waals surface area (Å²) < 4.78 is 0. The third kappa shape index (κ3) is 4.17. The van der Waals surface area contributed by atoms with Gasteiger partial charge in [-0.3, -0.25) is 0 Å². The van der Waals surface area contributed by atoms with Crippen LogP contribution in [0.2, 0.25) is 0 Å². The molecular weight excluding hydrogens is 392 g/mol. The Morgan fingerprint density at radius 3 is 1.03 bits per heavy atom. The molecule has 8 N–H and O–H groups in total. The minimum absolute atomic E-state index is 0.229. The molecular formula is C22H18O8. The van der Waals surface area contributed by atoms with E-state index >= 15 is 0 Å². The predicted octanol–water partition coefficient (Wildman–Crippen LogP) is 3.67. The summed E-state index contributed by atoms with van der Waals surface area (Å²) in [5.41, 5.74) is 1.30. The van der Waals surface area contributed by atoms with E-state index in [2.05, 4.69) is 0 Å². The molecule has 0 aliphatic carbocycles. The second kappa shape index (κ2) is 7.88. The molecule has 0 unspecified atom stereocenters. The molecule has 3 aromatic carbocycles. The van der Waals surface area contributed by atoms with E-state index in [1.165, 1.54) is 54.6 Å². The maximum Gasteiger partial charge on any atom is 0.200 e. The van der Waals surface area contributed by atoms with Crippen molar-refractivity contribution in [1.82, 2.24) is 0 Å². The van der Waals surface area contributed by atoms with Crippen LogP contribution in [0.1, 0.15) is 22.3 Å². The first kappa shape index (κ1) is 20.3. The first-order chi connectivity index (χ1) is 14.2. The lowest BCUT2D eigenvalue weighted by Gasteiger charge is -2.06. The van der Waals surface area contributed by atoms with E-state index in [4.69, 9.17) is 0 Å². The molecule has 0 heterocycles. The average molecular weight is 410 g/mol. The Hall–Kier alpha value is -4.46. The molecule has 0 spiro atoms. The first-order valence-electron chi connectivity index (χ1n) is 8.57. The van der Waals surface area contributed by atoms with Crippen molar-refractivity contribution in [2.75, 3.05) is 0 Å². The lowest BCUT2D eigenvalue weighted by molar-refractivity contribution is 0.367. The fraction of sp³-hybridized carbons (Fsp3) is 0. The maximum atomic E-state index is 10.1. The standard InChI is InChI=1S/C22H18O8/c23-15-10-16(24)14(4-2-12-7-19(27)22(30)20(28)8-12)9-13(15)3-1-11-5-17(25)21(29)18(26)6-11/h1-10,23-30H/b3-1+,4-2+. The smallest absolute Gasteiger partial charge is 0.200 e. The van der Waals surface area contributed by atoms with E-state index in [1.807, 2.05) is 0 Å². The number of hydrogen-bond acceptors (Lipinski definition) is 8. The van der Waals surface area contributed by atoms with Gasteiger partial charge in [-0.25, -0.2) is 0 Å². The van der Waals surface area contributed by atoms with Crippen LogP contribution >= 0.6 is 0 Å². The van der Waals surface area contributed by atoms with Gasteiger partial charge in [0.25, 0.3) is 0 Å². The van der Waals surface area contributed by atoms with Crippen LogP contribution in [-0.2, 0) is 0 Å². The molecule has 0 aliphatic heterocycles. The minimum atomic E-state index is -0.640. The van der Waals surface area contributed by atoms with Crippen molar-refractivity contribution in [3.05, 3.63) is 58.7 Å². The molecule has 154 valence electrons. The molecule has 0 amide bonds. The highest BCUT2D eigenvalue weighted by Gasteiger charge is 2.09. The number of benzene rings is 3. The van der Waals surface area contributed by atoms with E-state index in [-0.39, 0.29) is 11.5 Å². The van der Waals surface area contributed by atoms with Gasteiger partial charge in [-0.1, -0.05) is 24.3 Å². The summed E-state index contributed by atoms with van der Waals surface area (Å²) in [5.74, 6) is -3.76. The van der Waals surface area contributed by atoms with Crippen LogP contribution < -0.4 is 0 Å². The van der Waals surface area contributed by atoms with Gasteiger partial charge in [0, 0.05) is 17.2 Å². The highest BCUT2D eigenvalue weighted by atomic mass is 16.3. The highest BCUT2D eigenvalue weighted by Crippen LogP contribution is 2.37. The van der Waals surface area contributed by atoms with Crippen molar-refractivity contribution in [1.29, 1.82) is 0 Å². The molecule has 0 aliphatic rings. The average Bonchev–Trinajstić information content (AvgIpc) is 2.68. The van der Waals surface area contributed by atoms with Crippen molar-refractivity contribution >= 4 is 24.3 Å². The largest absolute Gasteiger partial charge is 0.507 e. The molecule has 0 atom stereocenters. The van der Waals surface area contributed by atoms with Crippen molar-refractivity contribution in [2.24, 2.45) is 0 Å². The molecule has 0 radical (unpaired) electrons.